The number of likely N-dealkylation sites (tertiary alicyclic amines) is 1. The number of ether oxygens (including phenoxy) is 2. The van der Waals surface area contributed by atoms with Gasteiger partial charge in [-0.25, -0.2) is 0 Å². The molecule has 2 aliphatic rings. The molecule has 176 valence electrons. The number of piperidine rings is 1. The molecule has 0 unspecified atom stereocenters. The third kappa shape index (κ3) is 8.33. The fourth-order valence-corrected chi connectivity index (χ4v) is 4.45. The van der Waals surface area contributed by atoms with Gasteiger partial charge in [0, 0.05) is 50.9 Å². The Morgan fingerprint density at radius 2 is 1.87 bits per heavy atom. The van der Waals surface area contributed by atoms with Gasteiger partial charge in [-0.15, -0.1) is 24.0 Å². The lowest BCUT2D eigenvalue weighted by Crippen LogP contribution is -2.49. The molecule has 6 nitrogen and oxygen atoms in total. The van der Waals surface area contributed by atoms with Crippen LogP contribution in [0.25, 0.3) is 0 Å². The predicted octanol–water partition coefficient (Wildman–Crippen LogP) is 4.42. The van der Waals surface area contributed by atoms with Crippen molar-refractivity contribution in [1.82, 2.24) is 15.5 Å². The first kappa shape index (κ1) is 26.0. The fourth-order valence-electron chi connectivity index (χ4n) is 4.45. The largest absolute Gasteiger partial charge is 0.497 e. The molecule has 2 N–H and O–H groups in total. The van der Waals surface area contributed by atoms with Crippen LogP contribution in [0.3, 0.4) is 0 Å². The molecule has 1 saturated carbocycles. The summed E-state index contributed by atoms with van der Waals surface area (Å²) in [5.74, 6) is 3.35. The van der Waals surface area contributed by atoms with Crippen LogP contribution in [0.2, 0.25) is 0 Å². The van der Waals surface area contributed by atoms with E-state index >= 15 is 0 Å². The van der Waals surface area contributed by atoms with E-state index in [4.69, 9.17) is 9.47 Å². The van der Waals surface area contributed by atoms with Crippen molar-refractivity contribution in [3.63, 3.8) is 0 Å². The minimum atomic E-state index is 0. The van der Waals surface area contributed by atoms with Crippen LogP contribution in [0.15, 0.2) is 23.2 Å². The highest BCUT2D eigenvalue weighted by atomic mass is 127. The van der Waals surface area contributed by atoms with Crippen molar-refractivity contribution in [2.75, 3.05) is 33.8 Å². The average molecular weight is 545 g/mol. The standard InChI is InChI=1S/C24H40N4O2.HI/c1-18(2)17-28-13-11-20(12-14-28)27-24(25-3)26-16-19-9-10-22(29-4)15-23(19)30-21-7-5-6-8-21;/h9-10,15,18,20-21H,5-8,11-14,16-17H2,1-4H3,(H2,25,26,27);1H. The lowest BCUT2D eigenvalue weighted by atomic mass is 10.0. The molecule has 1 aromatic rings. The van der Waals surface area contributed by atoms with E-state index in [0.29, 0.717) is 18.7 Å². The summed E-state index contributed by atoms with van der Waals surface area (Å²) < 4.78 is 11.7. The Labute approximate surface area is 205 Å². The number of methoxy groups -OCH3 is 1. The van der Waals surface area contributed by atoms with E-state index in [2.05, 4.69) is 40.4 Å². The number of nitrogens with one attached hydrogen (secondary N) is 2. The van der Waals surface area contributed by atoms with Crippen LogP contribution >= 0.6 is 24.0 Å². The zero-order chi connectivity index (χ0) is 21.3. The van der Waals surface area contributed by atoms with Gasteiger partial charge in [-0.1, -0.05) is 13.8 Å². The van der Waals surface area contributed by atoms with Crippen LogP contribution in [0, 0.1) is 5.92 Å². The van der Waals surface area contributed by atoms with E-state index in [1.807, 2.05) is 19.2 Å². The first-order valence-corrected chi connectivity index (χ1v) is 11.6. The molecule has 1 heterocycles. The summed E-state index contributed by atoms with van der Waals surface area (Å²) in [6.45, 7) is 8.77. The van der Waals surface area contributed by atoms with Gasteiger partial charge in [0.2, 0.25) is 0 Å². The summed E-state index contributed by atoms with van der Waals surface area (Å²) in [6, 6.07) is 6.58. The highest BCUT2D eigenvalue weighted by molar-refractivity contribution is 14.0. The summed E-state index contributed by atoms with van der Waals surface area (Å²) in [7, 11) is 3.54. The number of aliphatic imine (C=N–C) groups is 1. The maximum absolute atomic E-state index is 6.32. The van der Waals surface area contributed by atoms with Crippen LogP contribution in [0.4, 0.5) is 0 Å². The topological polar surface area (TPSA) is 58.1 Å². The molecule has 1 aromatic carbocycles. The third-order valence-corrected chi connectivity index (χ3v) is 6.09. The molecule has 7 heteroatoms. The molecular weight excluding hydrogens is 503 g/mol. The maximum atomic E-state index is 6.32. The summed E-state index contributed by atoms with van der Waals surface area (Å²) in [6.07, 6.45) is 7.44. The summed E-state index contributed by atoms with van der Waals surface area (Å²) in [5, 5.41) is 7.10. The van der Waals surface area contributed by atoms with Crippen LogP contribution in [-0.2, 0) is 6.54 Å². The van der Waals surface area contributed by atoms with E-state index in [0.717, 1.165) is 67.7 Å². The van der Waals surface area contributed by atoms with Crippen molar-refractivity contribution in [2.24, 2.45) is 10.9 Å². The molecule has 2 fully saturated rings. The van der Waals surface area contributed by atoms with Gasteiger partial charge in [-0.05, 0) is 56.6 Å². The van der Waals surface area contributed by atoms with E-state index < -0.39 is 0 Å². The monoisotopic (exact) mass is 544 g/mol. The summed E-state index contributed by atoms with van der Waals surface area (Å²) in [5.41, 5.74) is 1.14. The van der Waals surface area contributed by atoms with Crippen molar-refractivity contribution in [3.8, 4) is 11.5 Å². The van der Waals surface area contributed by atoms with Crippen LogP contribution in [-0.4, -0.2) is 56.8 Å². The Morgan fingerprint density at radius 1 is 1.16 bits per heavy atom. The van der Waals surface area contributed by atoms with Gasteiger partial charge in [-0.3, -0.25) is 4.99 Å². The van der Waals surface area contributed by atoms with Crippen LogP contribution in [0.1, 0.15) is 57.9 Å². The number of halogens is 1. The van der Waals surface area contributed by atoms with Crippen molar-refractivity contribution in [2.45, 2.75) is 71.1 Å². The van der Waals surface area contributed by atoms with E-state index in [-0.39, 0.29) is 24.0 Å². The lowest BCUT2D eigenvalue weighted by Gasteiger charge is -2.34. The van der Waals surface area contributed by atoms with E-state index in [9.17, 15) is 0 Å². The molecule has 0 atom stereocenters. The number of hydrogen-bond donors (Lipinski definition) is 2. The fraction of sp³-hybridized carbons (Fsp3) is 0.708. The van der Waals surface area contributed by atoms with E-state index in [1.54, 1.807) is 7.11 Å². The Balaban J connectivity index is 0.00000341. The second-order valence-corrected chi connectivity index (χ2v) is 9.04. The molecule has 0 bridgehead atoms. The number of nitrogens with zero attached hydrogens (tertiary/aromatic N) is 2. The Morgan fingerprint density at radius 3 is 2.48 bits per heavy atom. The zero-order valence-corrected chi connectivity index (χ0v) is 22.0. The Bertz CT molecular complexity index is 684. The normalized spacial score (nSPS) is 18.7. The molecule has 31 heavy (non-hydrogen) atoms. The number of hydrogen-bond acceptors (Lipinski definition) is 4. The molecule has 1 aliphatic heterocycles. The first-order valence-electron chi connectivity index (χ1n) is 11.6. The molecule has 0 spiro atoms. The predicted molar refractivity (Wildman–Crippen MR) is 139 cm³/mol. The quantitative estimate of drug-likeness (QED) is 0.288. The van der Waals surface area contributed by atoms with Crippen LogP contribution < -0.4 is 20.1 Å². The van der Waals surface area contributed by atoms with Gasteiger partial charge in [0.15, 0.2) is 5.96 Å². The minimum Gasteiger partial charge on any atom is -0.497 e. The third-order valence-electron chi connectivity index (χ3n) is 6.09. The molecule has 1 aliphatic carbocycles. The van der Waals surface area contributed by atoms with Gasteiger partial charge >= 0.3 is 0 Å². The highest BCUT2D eigenvalue weighted by Gasteiger charge is 2.21. The average Bonchev–Trinajstić information content (AvgIpc) is 3.25. The van der Waals surface area contributed by atoms with Crippen molar-refractivity contribution in [3.05, 3.63) is 23.8 Å². The smallest absolute Gasteiger partial charge is 0.191 e. The zero-order valence-electron chi connectivity index (χ0n) is 19.7. The Kier molecular flexibility index (Phi) is 11.2. The van der Waals surface area contributed by atoms with Gasteiger partial charge in [0.1, 0.15) is 11.5 Å². The second-order valence-electron chi connectivity index (χ2n) is 9.04. The van der Waals surface area contributed by atoms with Crippen molar-refractivity contribution in [1.29, 1.82) is 0 Å². The number of benzene rings is 1. The van der Waals surface area contributed by atoms with E-state index in [1.165, 1.54) is 19.4 Å². The molecule has 3 rings (SSSR count). The van der Waals surface area contributed by atoms with Crippen LogP contribution in [0.5, 0.6) is 11.5 Å². The van der Waals surface area contributed by atoms with Crippen molar-refractivity contribution >= 4 is 29.9 Å². The minimum absolute atomic E-state index is 0. The van der Waals surface area contributed by atoms with Gasteiger partial charge in [0.25, 0.3) is 0 Å². The van der Waals surface area contributed by atoms with Gasteiger partial charge in [0.05, 0.1) is 13.2 Å². The lowest BCUT2D eigenvalue weighted by molar-refractivity contribution is 0.187. The molecular formula is C24H41IN4O2. The highest BCUT2D eigenvalue weighted by Crippen LogP contribution is 2.30. The summed E-state index contributed by atoms with van der Waals surface area (Å²) in [4.78, 5) is 7.02. The molecule has 0 aromatic heterocycles. The molecule has 0 radical (unpaired) electrons. The number of rotatable bonds is 8. The van der Waals surface area contributed by atoms with Gasteiger partial charge < -0.3 is 25.0 Å². The Hall–Kier alpha value is -1.22. The second kappa shape index (κ2) is 13.4. The maximum Gasteiger partial charge on any atom is 0.191 e. The molecule has 1 saturated heterocycles. The summed E-state index contributed by atoms with van der Waals surface area (Å²) >= 11 is 0. The number of guanidine groups is 1. The molecule has 0 amide bonds. The first-order chi connectivity index (χ1) is 14.6. The van der Waals surface area contributed by atoms with Crippen molar-refractivity contribution < 1.29 is 9.47 Å². The van der Waals surface area contributed by atoms with Gasteiger partial charge in [-0.2, -0.15) is 0 Å². The SMILES string of the molecule is CN=C(NCc1ccc(OC)cc1OC1CCCC1)NC1CCN(CC(C)C)CC1.I.